The van der Waals surface area contributed by atoms with Crippen LogP contribution in [0.4, 0.5) is 5.69 Å². The molecule has 0 saturated carbocycles. The van der Waals surface area contributed by atoms with Gasteiger partial charge in [-0.25, -0.2) is 9.50 Å². The summed E-state index contributed by atoms with van der Waals surface area (Å²) >= 11 is 0. The number of rotatable bonds is 4. The Kier molecular flexibility index (Phi) is 4.02. The van der Waals surface area contributed by atoms with Gasteiger partial charge in [-0.3, -0.25) is 9.48 Å². The van der Waals surface area contributed by atoms with Crippen molar-refractivity contribution in [3.05, 3.63) is 48.5 Å². The maximum atomic E-state index is 13.2. The average Bonchev–Trinajstić information content (AvgIpc) is 3.21. The van der Waals surface area contributed by atoms with E-state index in [0.29, 0.717) is 22.6 Å². The highest BCUT2D eigenvalue weighted by molar-refractivity contribution is 6.10. The van der Waals surface area contributed by atoms with Gasteiger partial charge in [0, 0.05) is 44.1 Å². The highest BCUT2D eigenvalue weighted by atomic mass is 16.5. The van der Waals surface area contributed by atoms with E-state index in [1.54, 1.807) is 39.6 Å². The van der Waals surface area contributed by atoms with Crippen molar-refractivity contribution in [2.45, 2.75) is 20.0 Å². The SMILES string of the molecule is CC(C)Oc1cc2nn(C)cc2cc1N(C)C(=O)c1cnn2cccnc12. The number of hydrogen-bond donors (Lipinski definition) is 0. The Morgan fingerprint density at radius 3 is 2.89 bits per heavy atom. The molecular weight excluding hydrogens is 344 g/mol. The molecule has 3 heterocycles. The van der Waals surface area contributed by atoms with Crippen LogP contribution < -0.4 is 9.64 Å². The number of carbonyl (C=O) groups is 1. The molecule has 8 nitrogen and oxygen atoms in total. The monoisotopic (exact) mass is 364 g/mol. The van der Waals surface area contributed by atoms with Crippen LogP contribution in [0.2, 0.25) is 0 Å². The van der Waals surface area contributed by atoms with Gasteiger partial charge in [-0.15, -0.1) is 0 Å². The first-order valence-electron chi connectivity index (χ1n) is 8.64. The summed E-state index contributed by atoms with van der Waals surface area (Å²) in [5.41, 5.74) is 2.43. The summed E-state index contributed by atoms with van der Waals surface area (Å²) in [5, 5.41) is 9.56. The van der Waals surface area contributed by atoms with E-state index in [9.17, 15) is 4.79 Å². The quantitative estimate of drug-likeness (QED) is 0.556. The summed E-state index contributed by atoms with van der Waals surface area (Å²) in [5.74, 6) is 0.400. The Morgan fingerprint density at radius 2 is 2.11 bits per heavy atom. The van der Waals surface area contributed by atoms with E-state index in [1.165, 1.54) is 6.20 Å². The second-order valence-electron chi connectivity index (χ2n) is 6.66. The molecule has 0 spiro atoms. The summed E-state index contributed by atoms with van der Waals surface area (Å²) in [6.07, 6.45) is 6.81. The molecule has 0 aliphatic heterocycles. The van der Waals surface area contributed by atoms with Gasteiger partial charge in [-0.1, -0.05) is 0 Å². The Labute approximate surface area is 156 Å². The first-order valence-corrected chi connectivity index (χ1v) is 8.64. The van der Waals surface area contributed by atoms with Crippen LogP contribution in [0.25, 0.3) is 16.6 Å². The fourth-order valence-electron chi connectivity index (χ4n) is 3.04. The Hall–Kier alpha value is -3.42. The molecule has 0 atom stereocenters. The highest BCUT2D eigenvalue weighted by Gasteiger charge is 2.23. The third-order valence-electron chi connectivity index (χ3n) is 4.24. The third kappa shape index (κ3) is 2.99. The van der Waals surface area contributed by atoms with Crippen molar-refractivity contribution in [3.8, 4) is 5.75 Å². The molecule has 138 valence electrons. The minimum Gasteiger partial charge on any atom is -0.489 e. The number of fused-ring (bicyclic) bond motifs is 2. The Morgan fingerprint density at radius 1 is 1.30 bits per heavy atom. The molecule has 0 unspecified atom stereocenters. The van der Waals surface area contributed by atoms with Crippen LogP contribution in [-0.2, 0) is 7.05 Å². The third-order valence-corrected chi connectivity index (χ3v) is 4.24. The van der Waals surface area contributed by atoms with E-state index in [0.717, 1.165) is 10.9 Å². The van der Waals surface area contributed by atoms with Crippen molar-refractivity contribution in [1.82, 2.24) is 24.4 Å². The van der Waals surface area contributed by atoms with E-state index < -0.39 is 0 Å². The Balaban J connectivity index is 1.80. The molecule has 0 radical (unpaired) electrons. The average molecular weight is 364 g/mol. The summed E-state index contributed by atoms with van der Waals surface area (Å²) in [6, 6.07) is 5.54. The molecule has 0 aliphatic carbocycles. The molecule has 3 aromatic heterocycles. The molecule has 27 heavy (non-hydrogen) atoms. The molecule has 4 aromatic rings. The van der Waals surface area contributed by atoms with Crippen LogP contribution in [0.3, 0.4) is 0 Å². The highest BCUT2D eigenvalue weighted by Crippen LogP contribution is 2.34. The number of anilines is 1. The van der Waals surface area contributed by atoms with Crippen molar-refractivity contribution in [1.29, 1.82) is 0 Å². The van der Waals surface area contributed by atoms with Crippen molar-refractivity contribution >= 4 is 28.1 Å². The van der Waals surface area contributed by atoms with Crippen molar-refractivity contribution in [2.75, 3.05) is 11.9 Å². The normalized spacial score (nSPS) is 11.4. The van der Waals surface area contributed by atoms with E-state index >= 15 is 0 Å². The maximum absolute atomic E-state index is 13.2. The number of benzene rings is 1. The van der Waals surface area contributed by atoms with E-state index in [-0.39, 0.29) is 12.0 Å². The standard InChI is InChI=1S/C19H20N6O2/c1-12(2)27-17-9-15-13(11-23(3)22-15)8-16(17)24(4)19(26)14-10-21-25-7-5-6-20-18(14)25/h5-12H,1-4H3. The van der Waals surface area contributed by atoms with Gasteiger partial charge in [0.05, 0.1) is 23.5 Å². The number of aryl methyl sites for hydroxylation is 1. The van der Waals surface area contributed by atoms with Gasteiger partial charge in [0.15, 0.2) is 5.65 Å². The zero-order valence-corrected chi connectivity index (χ0v) is 15.6. The zero-order valence-electron chi connectivity index (χ0n) is 15.6. The first kappa shape index (κ1) is 17.0. The predicted octanol–water partition coefficient (Wildman–Crippen LogP) is 2.68. The van der Waals surface area contributed by atoms with Gasteiger partial charge in [-0.05, 0) is 26.0 Å². The first-order chi connectivity index (χ1) is 12.9. The lowest BCUT2D eigenvalue weighted by molar-refractivity contribution is 0.0993. The molecule has 0 bridgehead atoms. The van der Waals surface area contributed by atoms with Gasteiger partial charge >= 0.3 is 0 Å². The molecule has 0 fully saturated rings. The number of aromatic nitrogens is 5. The minimum atomic E-state index is -0.208. The van der Waals surface area contributed by atoms with Crippen molar-refractivity contribution < 1.29 is 9.53 Å². The van der Waals surface area contributed by atoms with Gasteiger partial charge in [-0.2, -0.15) is 10.2 Å². The molecule has 4 rings (SSSR count). The largest absolute Gasteiger partial charge is 0.489 e. The minimum absolute atomic E-state index is 0.0351. The van der Waals surface area contributed by atoms with Gasteiger partial charge in [0.1, 0.15) is 11.3 Å². The lowest BCUT2D eigenvalue weighted by Crippen LogP contribution is -2.27. The smallest absolute Gasteiger partial charge is 0.263 e. The summed E-state index contributed by atoms with van der Waals surface area (Å²) in [4.78, 5) is 19.0. The molecule has 0 aliphatic rings. The maximum Gasteiger partial charge on any atom is 0.263 e. The predicted molar refractivity (Wildman–Crippen MR) is 102 cm³/mol. The molecular formula is C19H20N6O2. The van der Waals surface area contributed by atoms with Crippen LogP contribution >= 0.6 is 0 Å². The molecule has 1 amide bonds. The van der Waals surface area contributed by atoms with E-state index in [2.05, 4.69) is 15.2 Å². The molecule has 1 aromatic carbocycles. The lowest BCUT2D eigenvalue weighted by Gasteiger charge is -2.21. The second kappa shape index (κ2) is 6.39. The number of hydrogen-bond acceptors (Lipinski definition) is 5. The summed E-state index contributed by atoms with van der Waals surface area (Å²) < 4.78 is 9.28. The van der Waals surface area contributed by atoms with Gasteiger partial charge in [0.2, 0.25) is 0 Å². The lowest BCUT2D eigenvalue weighted by atomic mass is 10.2. The Bertz CT molecular complexity index is 1140. The van der Waals surface area contributed by atoms with Crippen LogP contribution in [-0.4, -0.2) is 43.4 Å². The van der Waals surface area contributed by atoms with Crippen LogP contribution in [0.1, 0.15) is 24.2 Å². The topological polar surface area (TPSA) is 77.5 Å². The van der Waals surface area contributed by atoms with Gasteiger partial charge in [0.25, 0.3) is 5.91 Å². The fourth-order valence-corrected chi connectivity index (χ4v) is 3.04. The number of amides is 1. The summed E-state index contributed by atoms with van der Waals surface area (Å²) in [6.45, 7) is 3.90. The van der Waals surface area contributed by atoms with E-state index in [4.69, 9.17) is 4.74 Å². The van der Waals surface area contributed by atoms with Crippen LogP contribution in [0.15, 0.2) is 43.0 Å². The van der Waals surface area contributed by atoms with Crippen LogP contribution in [0, 0.1) is 0 Å². The molecule has 0 saturated heterocycles. The molecule has 0 N–H and O–H groups in total. The zero-order chi connectivity index (χ0) is 19.1. The fraction of sp³-hybridized carbons (Fsp3) is 0.263. The van der Waals surface area contributed by atoms with Crippen LogP contribution in [0.5, 0.6) is 5.75 Å². The summed E-state index contributed by atoms with van der Waals surface area (Å²) in [7, 11) is 3.58. The molecule has 8 heteroatoms. The van der Waals surface area contributed by atoms with E-state index in [1.807, 2.05) is 39.2 Å². The number of ether oxygens (including phenoxy) is 1. The second-order valence-corrected chi connectivity index (χ2v) is 6.66. The number of carbonyl (C=O) groups excluding carboxylic acids is 1. The van der Waals surface area contributed by atoms with Gasteiger partial charge < -0.3 is 9.64 Å². The number of nitrogens with zero attached hydrogens (tertiary/aromatic N) is 6. The van der Waals surface area contributed by atoms with Crippen molar-refractivity contribution in [3.63, 3.8) is 0 Å². The van der Waals surface area contributed by atoms with Crippen molar-refractivity contribution in [2.24, 2.45) is 7.05 Å².